The Morgan fingerprint density at radius 2 is 2.07 bits per heavy atom. The van der Waals surface area contributed by atoms with Gasteiger partial charge in [0.05, 0.1) is 31.5 Å². The van der Waals surface area contributed by atoms with E-state index in [1.807, 2.05) is 12.2 Å². The number of fused-ring (bicyclic) bond motifs is 1. The summed E-state index contributed by atoms with van der Waals surface area (Å²) in [7, 11) is 1.41. The van der Waals surface area contributed by atoms with Crippen LogP contribution in [-0.2, 0) is 14.3 Å². The second kappa shape index (κ2) is 11.7. The number of hydrogen-bond donors (Lipinski definition) is 2. The number of halogens is 1. The van der Waals surface area contributed by atoms with E-state index < -0.39 is 12.2 Å². The standard InChI is InChI=1S/C22H37BrO5/c1-4-5-7-14(2)18(24)11-10-15-16-12-21(28-20(16)13-19(15)25)17(23)8-6-9-22(26)27-3/h10-11,14-21,24-25H,4-9,12-13H2,1-3H3/t14-,15-,16-,17?,18-,19-,20-,21?/m1/s1. The molecule has 2 N–H and O–H groups in total. The molecule has 1 aliphatic heterocycles. The Morgan fingerprint density at radius 3 is 2.75 bits per heavy atom. The van der Waals surface area contributed by atoms with Crippen LogP contribution in [0.15, 0.2) is 12.2 Å². The van der Waals surface area contributed by atoms with Gasteiger partial charge in [-0.3, -0.25) is 4.79 Å². The van der Waals surface area contributed by atoms with E-state index in [4.69, 9.17) is 4.74 Å². The fourth-order valence-electron chi connectivity index (χ4n) is 4.48. The van der Waals surface area contributed by atoms with Gasteiger partial charge in [0, 0.05) is 23.6 Å². The molecule has 0 bridgehead atoms. The molecule has 1 saturated heterocycles. The van der Waals surface area contributed by atoms with Gasteiger partial charge in [-0.1, -0.05) is 54.8 Å². The van der Waals surface area contributed by atoms with E-state index in [2.05, 4.69) is 34.5 Å². The average Bonchev–Trinajstić information content (AvgIpc) is 3.21. The van der Waals surface area contributed by atoms with E-state index in [0.717, 1.165) is 38.5 Å². The molecule has 8 atom stereocenters. The lowest BCUT2D eigenvalue weighted by Crippen LogP contribution is -2.24. The summed E-state index contributed by atoms with van der Waals surface area (Å²) in [5.41, 5.74) is 0. The Kier molecular flexibility index (Phi) is 9.94. The molecule has 0 aromatic carbocycles. The molecular weight excluding hydrogens is 424 g/mol. The smallest absolute Gasteiger partial charge is 0.305 e. The Bertz CT molecular complexity index is 511. The van der Waals surface area contributed by atoms with E-state index >= 15 is 0 Å². The molecule has 162 valence electrons. The van der Waals surface area contributed by atoms with Crippen LogP contribution in [-0.4, -0.2) is 52.5 Å². The normalized spacial score (nSPS) is 33.0. The summed E-state index contributed by atoms with van der Waals surface area (Å²) in [6.45, 7) is 4.24. The number of alkyl halides is 1. The van der Waals surface area contributed by atoms with Gasteiger partial charge >= 0.3 is 5.97 Å². The zero-order chi connectivity index (χ0) is 20.7. The van der Waals surface area contributed by atoms with Gasteiger partial charge in [-0.2, -0.15) is 0 Å². The topological polar surface area (TPSA) is 76.0 Å². The first-order valence-corrected chi connectivity index (χ1v) is 11.7. The van der Waals surface area contributed by atoms with Gasteiger partial charge in [-0.25, -0.2) is 0 Å². The van der Waals surface area contributed by atoms with Crippen molar-refractivity contribution in [2.24, 2.45) is 17.8 Å². The molecule has 1 aliphatic carbocycles. The van der Waals surface area contributed by atoms with Crippen molar-refractivity contribution in [2.75, 3.05) is 7.11 Å². The number of carbonyl (C=O) groups excluding carboxylic acids is 1. The second-order valence-corrected chi connectivity index (χ2v) is 9.65. The quantitative estimate of drug-likeness (QED) is 0.277. The van der Waals surface area contributed by atoms with Crippen molar-refractivity contribution in [3.05, 3.63) is 12.2 Å². The molecule has 5 nitrogen and oxygen atoms in total. The van der Waals surface area contributed by atoms with Gasteiger partial charge in [-0.15, -0.1) is 0 Å². The van der Waals surface area contributed by atoms with Crippen LogP contribution in [0.4, 0.5) is 0 Å². The molecule has 0 spiro atoms. The Hall–Kier alpha value is -0.430. The molecule has 28 heavy (non-hydrogen) atoms. The molecule has 0 aromatic rings. The zero-order valence-electron chi connectivity index (χ0n) is 17.4. The fraction of sp³-hybridized carbons (Fsp3) is 0.864. The fourth-order valence-corrected chi connectivity index (χ4v) is 5.14. The van der Waals surface area contributed by atoms with Gasteiger partial charge in [0.25, 0.3) is 0 Å². The van der Waals surface area contributed by atoms with Crippen LogP contribution in [0.25, 0.3) is 0 Å². The molecule has 0 aromatic heterocycles. The number of unbranched alkanes of at least 4 members (excludes halogenated alkanes) is 1. The van der Waals surface area contributed by atoms with E-state index in [1.165, 1.54) is 7.11 Å². The van der Waals surface area contributed by atoms with Gasteiger partial charge in [0.1, 0.15) is 0 Å². The van der Waals surface area contributed by atoms with E-state index in [0.29, 0.717) is 12.8 Å². The predicted molar refractivity (Wildman–Crippen MR) is 113 cm³/mol. The van der Waals surface area contributed by atoms with Crippen molar-refractivity contribution in [1.82, 2.24) is 0 Å². The van der Waals surface area contributed by atoms with Crippen molar-refractivity contribution in [1.29, 1.82) is 0 Å². The maximum absolute atomic E-state index is 11.3. The molecule has 1 saturated carbocycles. The highest BCUT2D eigenvalue weighted by Gasteiger charge is 2.49. The van der Waals surface area contributed by atoms with Crippen LogP contribution in [0.3, 0.4) is 0 Å². The van der Waals surface area contributed by atoms with E-state index in [1.54, 1.807) is 0 Å². The number of ether oxygens (including phenoxy) is 2. The minimum Gasteiger partial charge on any atom is -0.469 e. The van der Waals surface area contributed by atoms with Crippen LogP contribution < -0.4 is 0 Å². The molecule has 2 fully saturated rings. The molecule has 2 rings (SSSR count). The number of esters is 1. The Balaban J connectivity index is 1.85. The number of hydrogen-bond acceptors (Lipinski definition) is 5. The third-order valence-electron chi connectivity index (χ3n) is 6.36. The molecule has 1 heterocycles. The maximum atomic E-state index is 11.3. The van der Waals surface area contributed by atoms with Crippen molar-refractivity contribution in [3.63, 3.8) is 0 Å². The minimum atomic E-state index is -0.460. The minimum absolute atomic E-state index is 0.0396. The van der Waals surface area contributed by atoms with Crippen molar-refractivity contribution < 1.29 is 24.5 Å². The highest BCUT2D eigenvalue weighted by atomic mass is 79.9. The summed E-state index contributed by atoms with van der Waals surface area (Å²) in [6, 6.07) is 0. The maximum Gasteiger partial charge on any atom is 0.305 e. The van der Waals surface area contributed by atoms with E-state index in [-0.39, 0.29) is 40.8 Å². The summed E-state index contributed by atoms with van der Waals surface area (Å²) in [5.74, 6) is 0.386. The van der Waals surface area contributed by atoms with Crippen molar-refractivity contribution in [3.8, 4) is 0 Å². The number of aliphatic hydroxyl groups is 2. The lowest BCUT2D eigenvalue weighted by Gasteiger charge is -2.21. The second-order valence-electron chi connectivity index (χ2n) is 8.47. The first kappa shape index (κ1) is 23.8. The number of carbonyl (C=O) groups is 1. The summed E-state index contributed by atoms with van der Waals surface area (Å²) in [4.78, 5) is 11.5. The number of aliphatic hydroxyl groups excluding tert-OH is 2. The predicted octanol–water partition coefficient (Wildman–Crippen LogP) is 3.99. The Labute approximate surface area is 178 Å². The summed E-state index contributed by atoms with van der Waals surface area (Å²) in [6.07, 6.45) is 10.1. The number of rotatable bonds is 11. The lowest BCUT2D eigenvalue weighted by molar-refractivity contribution is -0.140. The lowest BCUT2D eigenvalue weighted by atomic mass is 9.88. The largest absolute Gasteiger partial charge is 0.469 e. The van der Waals surface area contributed by atoms with Gasteiger partial charge in [-0.05, 0) is 37.5 Å². The zero-order valence-corrected chi connectivity index (χ0v) is 19.0. The Morgan fingerprint density at radius 1 is 1.32 bits per heavy atom. The third-order valence-corrected chi connectivity index (χ3v) is 7.41. The molecule has 0 radical (unpaired) electrons. The first-order chi connectivity index (χ1) is 13.4. The SMILES string of the molecule is CCCC[C@@H](C)[C@H](O)C=C[C@@H]1[C@H]2CC(C(Br)CCCC(=O)OC)O[C@@H]2C[C@H]1O. The molecule has 6 heteroatoms. The van der Waals surface area contributed by atoms with Crippen LogP contribution in [0.5, 0.6) is 0 Å². The van der Waals surface area contributed by atoms with Crippen LogP contribution in [0, 0.1) is 17.8 Å². The van der Waals surface area contributed by atoms with Crippen LogP contribution in [0.2, 0.25) is 0 Å². The van der Waals surface area contributed by atoms with Gasteiger partial charge in [0.15, 0.2) is 0 Å². The highest BCUT2D eigenvalue weighted by molar-refractivity contribution is 9.09. The molecule has 0 amide bonds. The van der Waals surface area contributed by atoms with Crippen LogP contribution >= 0.6 is 15.9 Å². The monoisotopic (exact) mass is 460 g/mol. The van der Waals surface area contributed by atoms with Gasteiger partial charge in [0.2, 0.25) is 0 Å². The molecule has 2 unspecified atom stereocenters. The summed E-state index contributed by atoms with van der Waals surface area (Å²) >= 11 is 3.73. The molecule has 2 aliphatic rings. The van der Waals surface area contributed by atoms with Gasteiger partial charge < -0.3 is 19.7 Å². The van der Waals surface area contributed by atoms with Crippen molar-refractivity contribution in [2.45, 2.75) is 94.5 Å². The average molecular weight is 461 g/mol. The third kappa shape index (κ3) is 6.54. The van der Waals surface area contributed by atoms with Crippen molar-refractivity contribution >= 4 is 21.9 Å². The summed E-state index contributed by atoms with van der Waals surface area (Å²) < 4.78 is 10.9. The van der Waals surface area contributed by atoms with Crippen LogP contribution in [0.1, 0.15) is 65.2 Å². The number of methoxy groups -OCH3 is 1. The summed E-state index contributed by atoms with van der Waals surface area (Å²) in [5, 5.41) is 20.9. The first-order valence-electron chi connectivity index (χ1n) is 10.8. The van der Waals surface area contributed by atoms with E-state index in [9.17, 15) is 15.0 Å². The highest BCUT2D eigenvalue weighted by Crippen LogP contribution is 2.46. The molecular formula is C22H37BrO5.